The highest BCUT2D eigenvalue weighted by Gasteiger charge is 2.25. The van der Waals surface area contributed by atoms with E-state index < -0.39 is 5.92 Å². The van der Waals surface area contributed by atoms with Crippen molar-refractivity contribution in [1.82, 2.24) is 4.98 Å². The minimum absolute atomic E-state index is 0.152. The van der Waals surface area contributed by atoms with Crippen LogP contribution in [0.2, 0.25) is 0 Å². The molecule has 0 aliphatic carbocycles. The summed E-state index contributed by atoms with van der Waals surface area (Å²) in [7, 11) is 2.92. The molecule has 0 radical (unpaired) electrons. The number of rotatable bonds is 6. The van der Waals surface area contributed by atoms with Crippen LogP contribution in [0.25, 0.3) is 0 Å². The fraction of sp³-hybridized carbons (Fsp3) is 0.250. The van der Waals surface area contributed by atoms with Crippen LogP contribution in [0.1, 0.15) is 11.5 Å². The van der Waals surface area contributed by atoms with Gasteiger partial charge in [0.1, 0.15) is 24.0 Å². The highest BCUT2D eigenvalue weighted by Crippen LogP contribution is 2.28. The van der Waals surface area contributed by atoms with E-state index in [4.69, 9.17) is 14.2 Å². The average molecular weight is 287 g/mol. The van der Waals surface area contributed by atoms with Gasteiger partial charge in [-0.25, -0.2) is 0 Å². The summed E-state index contributed by atoms with van der Waals surface area (Å²) in [4.78, 5) is 16.0. The molecule has 110 valence electrons. The number of methoxy groups -OCH3 is 2. The zero-order valence-electron chi connectivity index (χ0n) is 12.0. The summed E-state index contributed by atoms with van der Waals surface area (Å²) in [5.41, 5.74) is 0.732. The standard InChI is InChI=1S/C16H17NO4/c1-19-15-8-4-3-7-13(15)14(16(18)20-2)11-21-12-6-5-9-17-10-12/h3-10,14H,11H2,1-2H3. The Kier molecular flexibility index (Phi) is 5.15. The Morgan fingerprint density at radius 2 is 2.00 bits per heavy atom. The molecule has 5 nitrogen and oxygen atoms in total. The van der Waals surface area contributed by atoms with E-state index in [1.54, 1.807) is 37.7 Å². The largest absolute Gasteiger partial charge is 0.496 e. The molecule has 0 saturated carbocycles. The third kappa shape index (κ3) is 3.72. The van der Waals surface area contributed by atoms with Crippen LogP contribution in [0.5, 0.6) is 11.5 Å². The molecular formula is C16H17NO4. The Bertz CT molecular complexity index is 586. The highest BCUT2D eigenvalue weighted by molar-refractivity contribution is 5.79. The van der Waals surface area contributed by atoms with E-state index in [1.165, 1.54) is 7.11 Å². The number of benzene rings is 1. The van der Waals surface area contributed by atoms with Crippen LogP contribution < -0.4 is 9.47 Å². The maximum atomic E-state index is 12.0. The van der Waals surface area contributed by atoms with Crippen molar-refractivity contribution in [3.05, 3.63) is 54.4 Å². The molecule has 1 unspecified atom stereocenters. The quantitative estimate of drug-likeness (QED) is 0.764. The zero-order valence-corrected chi connectivity index (χ0v) is 12.0. The number of pyridine rings is 1. The van der Waals surface area contributed by atoms with Gasteiger partial charge in [0.15, 0.2) is 0 Å². The van der Waals surface area contributed by atoms with Crippen LogP contribution in [0, 0.1) is 0 Å². The number of esters is 1. The van der Waals surface area contributed by atoms with E-state index in [2.05, 4.69) is 4.98 Å². The number of hydrogen-bond acceptors (Lipinski definition) is 5. The maximum Gasteiger partial charge on any atom is 0.316 e. The lowest BCUT2D eigenvalue weighted by molar-refractivity contribution is -0.143. The van der Waals surface area contributed by atoms with Gasteiger partial charge in [-0.1, -0.05) is 18.2 Å². The van der Waals surface area contributed by atoms with Crippen LogP contribution in [0.15, 0.2) is 48.8 Å². The topological polar surface area (TPSA) is 57.7 Å². The molecule has 1 aromatic heterocycles. The lowest BCUT2D eigenvalue weighted by atomic mass is 9.99. The van der Waals surface area contributed by atoms with E-state index in [-0.39, 0.29) is 12.6 Å². The number of nitrogens with zero attached hydrogens (tertiary/aromatic N) is 1. The first-order chi connectivity index (χ1) is 10.3. The van der Waals surface area contributed by atoms with Crippen molar-refractivity contribution >= 4 is 5.97 Å². The SMILES string of the molecule is COC(=O)C(COc1cccnc1)c1ccccc1OC. The van der Waals surface area contributed by atoms with Gasteiger partial charge in [0, 0.05) is 11.8 Å². The summed E-state index contributed by atoms with van der Waals surface area (Å²) in [6, 6.07) is 10.9. The Morgan fingerprint density at radius 3 is 2.67 bits per heavy atom. The third-order valence-electron chi connectivity index (χ3n) is 3.05. The minimum Gasteiger partial charge on any atom is -0.496 e. The van der Waals surface area contributed by atoms with Gasteiger partial charge in [-0.3, -0.25) is 9.78 Å². The van der Waals surface area contributed by atoms with Crippen molar-refractivity contribution in [1.29, 1.82) is 0 Å². The van der Waals surface area contributed by atoms with Crippen LogP contribution in [-0.2, 0) is 9.53 Å². The molecule has 0 saturated heterocycles. The third-order valence-corrected chi connectivity index (χ3v) is 3.05. The fourth-order valence-electron chi connectivity index (χ4n) is 1.99. The van der Waals surface area contributed by atoms with Crippen molar-refractivity contribution in [2.45, 2.75) is 5.92 Å². The molecule has 1 atom stereocenters. The first-order valence-electron chi connectivity index (χ1n) is 6.50. The van der Waals surface area contributed by atoms with E-state index in [1.807, 2.05) is 18.2 Å². The molecule has 21 heavy (non-hydrogen) atoms. The first-order valence-corrected chi connectivity index (χ1v) is 6.50. The number of carbonyl (C=O) groups is 1. The maximum absolute atomic E-state index is 12.0. The molecule has 2 rings (SSSR count). The van der Waals surface area contributed by atoms with Gasteiger partial charge >= 0.3 is 5.97 Å². The van der Waals surface area contributed by atoms with Crippen molar-refractivity contribution in [3.8, 4) is 11.5 Å². The Balaban J connectivity index is 2.20. The van der Waals surface area contributed by atoms with Crippen molar-refractivity contribution in [2.24, 2.45) is 0 Å². The van der Waals surface area contributed by atoms with E-state index in [9.17, 15) is 4.79 Å². The lowest BCUT2D eigenvalue weighted by Gasteiger charge is -2.18. The lowest BCUT2D eigenvalue weighted by Crippen LogP contribution is -2.22. The zero-order chi connectivity index (χ0) is 15.1. The number of carbonyl (C=O) groups excluding carboxylic acids is 1. The molecule has 2 aromatic rings. The van der Waals surface area contributed by atoms with E-state index in [0.29, 0.717) is 11.5 Å². The second-order valence-corrected chi connectivity index (χ2v) is 4.32. The predicted octanol–water partition coefficient (Wildman–Crippen LogP) is 2.43. The summed E-state index contributed by atoms with van der Waals surface area (Å²) in [5.74, 6) is 0.290. The van der Waals surface area contributed by atoms with Gasteiger partial charge in [0.2, 0.25) is 0 Å². The molecule has 0 fully saturated rings. The first kappa shape index (κ1) is 14.8. The highest BCUT2D eigenvalue weighted by atomic mass is 16.5. The van der Waals surface area contributed by atoms with Crippen LogP contribution >= 0.6 is 0 Å². The second-order valence-electron chi connectivity index (χ2n) is 4.32. The predicted molar refractivity (Wildman–Crippen MR) is 77.5 cm³/mol. The van der Waals surface area contributed by atoms with Gasteiger partial charge in [0.25, 0.3) is 0 Å². The number of aromatic nitrogens is 1. The molecule has 0 aliphatic rings. The van der Waals surface area contributed by atoms with Gasteiger partial charge in [-0.05, 0) is 18.2 Å². The molecular weight excluding hydrogens is 270 g/mol. The number of ether oxygens (including phenoxy) is 3. The average Bonchev–Trinajstić information content (AvgIpc) is 2.56. The summed E-state index contributed by atoms with van der Waals surface area (Å²) >= 11 is 0. The molecule has 1 heterocycles. The number of hydrogen-bond donors (Lipinski definition) is 0. The normalized spacial score (nSPS) is 11.5. The Labute approximate surface area is 123 Å². The Morgan fingerprint density at radius 1 is 1.19 bits per heavy atom. The smallest absolute Gasteiger partial charge is 0.316 e. The Hall–Kier alpha value is -2.56. The van der Waals surface area contributed by atoms with Crippen molar-refractivity contribution in [2.75, 3.05) is 20.8 Å². The molecule has 0 bridgehead atoms. The molecule has 0 N–H and O–H groups in total. The van der Waals surface area contributed by atoms with Crippen LogP contribution in [0.4, 0.5) is 0 Å². The van der Waals surface area contributed by atoms with E-state index >= 15 is 0 Å². The molecule has 0 amide bonds. The van der Waals surface area contributed by atoms with E-state index in [0.717, 1.165) is 5.56 Å². The number of para-hydroxylation sites is 1. The summed E-state index contributed by atoms with van der Waals surface area (Å²) < 4.78 is 15.8. The minimum atomic E-state index is -0.564. The summed E-state index contributed by atoms with van der Waals surface area (Å²) in [6.07, 6.45) is 3.25. The molecule has 5 heteroatoms. The summed E-state index contributed by atoms with van der Waals surface area (Å²) in [6.45, 7) is 0.152. The van der Waals surface area contributed by atoms with Gasteiger partial charge in [-0.2, -0.15) is 0 Å². The molecule has 0 aliphatic heterocycles. The molecule has 1 aromatic carbocycles. The van der Waals surface area contributed by atoms with Gasteiger partial charge < -0.3 is 14.2 Å². The van der Waals surface area contributed by atoms with Crippen molar-refractivity contribution in [3.63, 3.8) is 0 Å². The van der Waals surface area contributed by atoms with Gasteiger partial charge in [0.05, 0.1) is 20.4 Å². The second kappa shape index (κ2) is 7.28. The monoisotopic (exact) mass is 287 g/mol. The van der Waals surface area contributed by atoms with Crippen LogP contribution in [-0.4, -0.2) is 31.8 Å². The molecule has 0 spiro atoms. The van der Waals surface area contributed by atoms with Crippen molar-refractivity contribution < 1.29 is 19.0 Å². The summed E-state index contributed by atoms with van der Waals surface area (Å²) in [5, 5.41) is 0. The fourth-order valence-corrected chi connectivity index (χ4v) is 1.99. The van der Waals surface area contributed by atoms with Gasteiger partial charge in [-0.15, -0.1) is 0 Å². The van der Waals surface area contributed by atoms with Crippen LogP contribution in [0.3, 0.4) is 0 Å².